The second-order valence-electron chi connectivity index (χ2n) is 7.10. The first kappa shape index (κ1) is 27.2. The van der Waals surface area contributed by atoms with Crippen LogP contribution in [-0.4, -0.2) is 81.8 Å². The fraction of sp³-hybridized carbons (Fsp3) is 0.500. The summed E-state index contributed by atoms with van der Waals surface area (Å²) in [7, 11) is 0. The molecule has 0 spiro atoms. The fourth-order valence-electron chi connectivity index (χ4n) is 2.74. The first-order valence-electron chi connectivity index (χ1n) is 9.86. The lowest BCUT2D eigenvalue weighted by Crippen LogP contribution is -2.59. The molecule has 1 aromatic rings. The number of phenols is 1. The van der Waals surface area contributed by atoms with Gasteiger partial charge in [-0.15, -0.1) is 0 Å². The molecule has 12 heteroatoms. The van der Waals surface area contributed by atoms with Crippen molar-refractivity contribution < 1.29 is 34.5 Å². The lowest BCUT2D eigenvalue weighted by Gasteiger charge is -2.25. The summed E-state index contributed by atoms with van der Waals surface area (Å²) in [6.45, 7) is 0.891. The smallest absolute Gasteiger partial charge is 0.326 e. The van der Waals surface area contributed by atoms with Crippen LogP contribution in [0.3, 0.4) is 0 Å². The van der Waals surface area contributed by atoms with Gasteiger partial charge in [-0.1, -0.05) is 12.1 Å². The highest BCUT2D eigenvalue weighted by molar-refractivity contribution is 7.98. The van der Waals surface area contributed by atoms with Crippen LogP contribution in [0.1, 0.15) is 18.9 Å². The van der Waals surface area contributed by atoms with Gasteiger partial charge in [-0.3, -0.25) is 14.4 Å². The molecule has 0 radical (unpaired) electrons. The van der Waals surface area contributed by atoms with E-state index in [0.717, 1.165) is 0 Å². The zero-order valence-corrected chi connectivity index (χ0v) is 18.7. The van der Waals surface area contributed by atoms with Gasteiger partial charge in [0.25, 0.3) is 0 Å². The van der Waals surface area contributed by atoms with E-state index in [2.05, 4.69) is 16.0 Å². The van der Waals surface area contributed by atoms with E-state index in [1.807, 2.05) is 0 Å². The van der Waals surface area contributed by atoms with Crippen LogP contribution in [0.5, 0.6) is 5.75 Å². The number of phenolic OH excluding ortho intramolecular Hbond substituents is 1. The Morgan fingerprint density at radius 2 is 1.62 bits per heavy atom. The average Bonchev–Trinajstić information content (AvgIpc) is 2.74. The van der Waals surface area contributed by atoms with E-state index in [4.69, 9.17) is 5.73 Å². The number of aliphatic hydroxyl groups excluding tert-OH is 1. The van der Waals surface area contributed by atoms with E-state index >= 15 is 0 Å². The minimum atomic E-state index is -1.37. The van der Waals surface area contributed by atoms with Crippen molar-refractivity contribution in [3.05, 3.63) is 29.8 Å². The number of nitrogens with one attached hydrogen (secondary N) is 3. The Bertz CT molecular complexity index is 789. The van der Waals surface area contributed by atoms with Crippen LogP contribution < -0.4 is 21.7 Å². The van der Waals surface area contributed by atoms with E-state index < -0.39 is 54.5 Å². The van der Waals surface area contributed by atoms with E-state index in [0.29, 0.717) is 11.3 Å². The molecule has 8 N–H and O–H groups in total. The van der Waals surface area contributed by atoms with Gasteiger partial charge in [0.05, 0.1) is 12.6 Å². The third kappa shape index (κ3) is 9.12. The number of hydrogen-bond donors (Lipinski definition) is 7. The Balaban J connectivity index is 3.08. The monoisotopic (exact) mass is 470 g/mol. The molecule has 0 aliphatic heterocycles. The topological polar surface area (TPSA) is 191 Å². The maximum atomic E-state index is 12.9. The molecule has 0 aromatic heterocycles. The molecule has 0 heterocycles. The molecule has 0 saturated heterocycles. The molecular formula is C20H30N4O7S. The standard InChI is InChI=1S/C20H30N4O7S/c1-11(25)17(24-16(27)10-21)19(29)23-15(9-12-3-5-13(26)6-4-12)18(28)22-14(20(30)31)7-8-32-2/h3-6,11,14-15,17,25-26H,7-10,21H2,1-2H3,(H,22,28)(H,23,29)(H,24,27)(H,30,31). The summed E-state index contributed by atoms with van der Waals surface area (Å²) < 4.78 is 0. The maximum Gasteiger partial charge on any atom is 0.326 e. The van der Waals surface area contributed by atoms with Crippen LogP contribution in [0.4, 0.5) is 0 Å². The summed E-state index contributed by atoms with van der Waals surface area (Å²) in [5.41, 5.74) is 5.82. The molecule has 32 heavy (non-hydrogen) atoms. The largest absolute Gasteiger partial charge is 0.508 e. The van der Waals surface area contributed by atoms with Crippen molar-refractivity contribution in [3.8, 4) is 5.75 Å². The first-order valence-corrected chi connectivity index (χ1v) is 11.3. The van der Waals surface area contributed by atoms with E-state index in [1.54, 1.807) is 18.4 Å². The van der Waals surface area contributed by atoms with Gasteiger partial charge >= 0.3 is 5.97 Å². The number of aromatic hydroxyl groups is 1. The van der Waals surface area contributed by atoms with Crippen molar-refractivity contribution in [2.45, 2.75) is 44.0 Å². The Morgan fingerprint density at radius 1 is 1.03 bits per heavy atom. The highest BCUT2D eigenvalue weighted by Crippen LogP contribution is 2.12. The SMILES string of the molecule is CSCCC(NC(=O)C(Cc1ccc(O)cc1)NC(=O)C(NC(=O)CN)C(C)O)C(=O)O. The Morgan fingerprint density at radius 3 is 2.12 bits per heavy atom. The normalized spacial score (nSPS) is 14.5. The average molecular weight is 471 g/mol. The quantitative estimate of drug-likeness (QED) is 0.181. The van der Waals surface area contributed by atoms with Crippen LogP contribution in [0.15, 0.2) is 24.3 Å². The number of rotatable bonds is 13. The predicted molar refractivity (Wildman–Crippen MR) is 119 cm³/mol. The Kier molecular flexibility index (Phi) is 11.5. The molecule has 1 aromatic carbocycles. The van der Waals surface area contributed by atoms with Gasteiger partial charge in [-0.25, -0.2) is 4.79 Å². The fourth-order valence-corrected chi connectivity index (χ4v) is 3.21. The van der Waals surface area contributed by atoms with Gasteiger partial charge in [0.2, 0.25) is 17.7 Å². The molecule has 0 aliphatic carbocycles. The molecule has 4 atom stereocenters. The molecule has 1 rings (SSSR count). The van der Waals surface area contributed by atoms with Gasteiger partial charge in [0.15, 0.2) is 0 Å². The summed E-state index contributed by atoms with van der Waals surface area (Å²) in [5.74, 6) is -2.94. The van der Waals surface area contributed by atoms with Crippen molar-refractivity contribution >= 4 is 35.5 Å². The summed E-state index contributed by atoms with van der Waals surface area (Å²) in [5, 5.41) is 35.9. The minimum Gasteiger partial charge on any atom is -0.508 e. The van der Waals surface area contributed by atoms with Crippen molar-refractivity contribution in [2.24, 2.45) is 5.73 Å². The van der Waals surface area contributed by atoms with Crippen molar-refractivity contribution in [3.63, 3.8) is 0 Å². The summed E-state index contributed by atoms with van der Waals surface area (Å²) in [6.07, 6.45) is 0.686. The molecule has 11 nitrogen and oxygen atoms in total. The number of carboxylic acid groups (broad SMARTS) is 1. The van der Waals surface area contributed by atoms with Crippen LogP contribution >= 0.6 is 11.8 Å². The number of benzene rings is 1. The minimum absolute atomic E-state index is 0.0143. The van der Waals surface area contributed by atoms with Gasteiger partial charge in [0, 0.05) is 6.42 Å². The number of aliphatic carboxylic acids is 1. The lowest BCUT2D eigenvalue weighted by atomic mass is 10.0. The Hall–Kier alpha value is -2.83. The number of amides is 3. The second kappa shape index (κ2) is 13.6. The molecule has 4 unspecified atom stereocenters. The molecular weight excluding hydrogens is 440 g/mol. The molecule has 3 amide bonds. The van der Waals surface area contributed by atoms with Crippen molar-refractivity contribution in [1.82, 2.24) is 16.0 Å². The van der Waals surface area contributed by atoms with E-state index in [-0.39, 0.29) is 18.6 Å². The van der Waals surface area contributed by atoms with Gasteiger partial charge in [-0.05, 0) is 43.0 Å². The van der Waals surface area contributed by atoms with E-state index in [1.165, 1.54) is 30.8 Å². The predicted octanol–water partition coefficient (Wildman–Crippen LogP) is -1.43. The van der Waals surface area contributed by atoms with Crippen molar-refractivity contribution in [1.29, 1.82) is 0 Å². The molecule has 0 bridgehead atoms. The third-order valence-corrected chi connectivity index (χ3v) is 5.15. The highest BCUT2D eigenvalue weighted by atomic mass is 32.2. The van der Waals surface area contributed by atoms with Gasteiger partial charge < -0.3 is 37.0 Å². The third-order valence-electron chi connectivity index (χ3n) is 4.50. The van der Waals surface area contributed by atoms with E-state index in [9.17, 15) is 34.5 Å². The Labute approximate surface area is 190 Å². The van der Waals surface area contributed by atoms with Gasteiger partial charge in [0.1, 0.15) is 23.9 Å². The number of carboxylic acids is 1. The van der Waals surface area contributed by atoms with Crippen LogP contribution in [-0.2, 0) is 25.6 Å². The number of carbonyl (C=O) groups excluding carboxylic acids is 3. The zero-order chi connectivity index (χ0) is 24.3. The molecule has 0 fully saturated rings. The highest BCUT2D eigenvalue weighted by Gasteiger charge is 2.31. The molecule has 0 saturated carbocycles. The number of thioether (sulfide) groups is 1. The number of aliphatic hydroxyl groups is 1. The van der Waals surface area contributed by atoms with Gasteiger partial charge in [-0.2, -0.15) is 11.8 Å². The number of carbonyl (C=O) groups is 4. The summed E-state index contributed by atoms with van der Waals surface area (Å²) in [6, 6.07) is 2.18. The summed E-state index contributed by atoms with van der Waals surface area (Å²) >= 11 is 1.43. The van der Waals surface area contributed by atoms with Crippen LogP contribution in [0, 0.1) is 0 Å². The van der Waals surface area contributed by atoms with Crippen molar-refractivity contribution in [2.75, 3.05) is 18.6 Å². The number of hydrogen-bond acceptors (Lipinski definition) is 8. The van der Waals surface area contributed by atoms with Crippen LogP contribution in [0.2, 0.25) is 0 Å². The zero-order valence-electron chi connectivity index (χ0n) is 17.9. The maximum absolute atomic E-state index is 12.9. The summed E-state index contributed by atoms with van der Waals surface area (Å²) in [4.78, 5) is 48.7. The molecule has 178 valence electrons. The second-order valence-corrected chi connectivity index (χ2v) is 8.09. The van der Waals surface area contributed by atoms with Crippen LogP contribution in [0.25, 0.3) is 0 Å². The molecule has 0 aliphatic rings. The lowest BCUT2D eigenvalue weighted by molar-refractivity contribution is -0.142. The number of nitrogens with two attached hydrogens (primary N) is 1. The first-order chi connectivity index (χ1) is 15.1.